The largest absolute Gasteiger partial charge is 0.508 e. The van der Waals surface area contributed by atoms with E-state index in [2.05, 4.69) is 0 Å². The van der Waals surface area contributed by atoms with E-state index >= 15 is 0 Å². The SMILES string of the molecule is O=c1c(O[C@@H]2O[C@@H](OC3O[C@H](CO)[C@@H](O)[C@H](O)[C@H]3O)[C@H](O)[C@@H](O)[C@H]2O)c(-c2ccc(O)c(O)c2)oc2cc(O)cc(O)c12. The maximum absolute atomic E-state index is 13.6. The second-order valence-corrected chi connectivity index (χ2v) is 9.93. The van der Waals surface area contributed by atoms with Crippen LogP contribution in [0.4, 0.5) is 0 Å². The molecular weight excluding hydrogens is 584 g/mol. The molecule has 0 spiro atoms. The number of phenols is 4. The number of aliphatic hydroxyl groups excluding tert-OH is 7. The summed E-state index contributed by atoms with van der Waals surface area (Å²) in [5.41, 5.74) is -1.49. The zero-order valence-corrected chi connectivity index (χ0v) is 21.7. The first kappa shape index (κ1) is 30.7. The highest BCUT2D eigenvalue weighted by Gasteiger charge is 2.50. The van der Waals surface area contributed by atoms with Gasteiger partial charge in [0.25, 0.3) is 0 Å². The molecule has 2 fully saturated rings. The van der Waals surface area contributed by atoms with Gasteiger partial charge in [-0.05, 0) is 18.2 Å². The number of benzene rings is 2. The lowest BCUT2D eigenvalue weighted by Gasteiger charge is -2.44. The van der Waals surface area contributed by atoms with E-state index in [4.69, 9.17) is 23.4 Å². The highest BCUT2D eigenvalue weighted by atomic mass is 16.8. The van der Waals surface area contributed by atoms with Gasteiger partial charge in [0.1, 0.15) is 65.2 Å². The summed E-state index contributed by atoms with van der Waals surface area (Å²) in [7, 11) is 0. The molecule has 43 heavy (non-hydrogen) atoms. The van der Waals surface area contributed by atoms with Crippen LogP contribution in [-0.4, -0.2) is 124 Å². The van der Waals surface area contributed by atoms with Crippen LogP contribution in [0, 0.1) is 0 Å². The summed E-state index contributed by atoms with van der Waals surface area (Å²) in [5.74, 6) is -3.58. The minimum absolute atomic E-state index is 0.0767. The van der Waals surface area contributed by atoms with Gasteiger partial charge in [0, 0.05) is 17.7 Å². The van der Waals surface area contributed by atoms with Gasteiger partial charge in [-0.3, -0.25) is 4.79 Å². The van der Waals surface area contributed by atoms with E-state index in [1.807, 2.05) is 0 Å². The Morgan fingerprint density at radius 1 is 0.698 bits per heavy atom. The van der Waals surface area contributed by atoms with Crippen LogP contribution >= 0.6 is 0 Å². The Labute approximate surface area is 239 Å². The monoisotopic (exact) mass is 612 g/mol. The number of phenolic OH excluding ortho intramolecular Hbond substituents is 4. The molecular formula is C26H28O17. The van der Waals surface area contributed by atoms with Crippen molar-refractivity contribution in [1.29, 1.82) is 0 Å². The van der Waals surface area contributed by atoms with Crippen molar-refractivity contribution in [1.82, 2.24) is 0 Å². The summed E-state index contributed by atoms with van der Waals surface area (Å²) < 4.78 is 27.3. The molecule has 2 aromatic carbocycles. The van der Waals surface area contributed by atoms with Gasteiger partial charge in [-0.15, -0.1) is 0 Å². The number of rotatable bonds is 6. The molecule has 17 nitrogen and oxygen atoms in total. The van der Waals surface area contributed by atoms with E-state index in [1.54, 1.807) is 0 Å². The van der Waals surface area contributed by atoms with Gasteiger partial charge in [-0.2, -0.15) is 0 Å². The first-order chi connectivity index (χ1) is 20.3. The van der Waals surface area contributed by atoms with Gasteiger partial charge in [-0.25, -0.2) is 0 Å². The van der Waals surface area contributed by atoms with Gasteiger partial charge in [0.2, 0.25) is 17.5 Å². The second kappa shape index (κ2) is 11.7. The van der Waals surface area contributed by atoms with Crippen LogP contribution in [0.15, 0.2) is 39.5 Å². The lowest BCUT2D eigenvalue weighted by molar-refractivity contribution is -0.390. The topological polar surface area (TPSA) is 290 Å². The Hall–Kier alpha value is -3.75. The molecule has 11 N–H and O–H groups in total. The molecule has 2 aliphatic heterocycles. The molecule has 0 aliphatic carbocycles. The first-order valence-electron chi connectivity index (χ1n) is 12.7. The molecule has 0 saturated carbocycles. The van der Waals surface area contributed by atoms with Gasteiger partial charge in [0.05, 0.1) is 6.61 Å². The molecule has 234 valence electrons. The van der Waals surface area contributed by atoms with Crippen LogP contribution in [0.5, 0.6) is 28.7 Å². The van der Waals surface area contributed by atoms with E-state index < -0.39 is 114 Å². The number of hydrogen-bond acceptors (Lipinski definition) is 17. The fourth-order valence-corrected chi connectivity index (χ4v) is 4.69. The third-order valence-corrected chi connectivity index (χ3v) is 7.03. The molecule has 3 aromatic rings. The first-order valence-corrected chi connectivity index (χ1v) is 12.7. The summed E-state index contributed by atoms with van der Waals surface area (Å²) in [6.45, 7) is -0.802. The van der Waals surface area contributed by atoms with E-state index in [-0.39, 0.29) is 11.1 Å². The van der Waals surface area contributed by atoms with Gasteiger partial charge in [-0.1, -0.05) is 0 Å². The third kappa shape index (κ3) is 5.54. The molecule has 3 heterocycles. The number of aliphatic hydroxyl groups is 7. The van der Waals surface area contributed by atoms with Crippen molar-refractivity contribution in [3.63, 3.8) is 0 Å². The molecule has 1 aromatic heterocycles. The van der Waals surface area contributed by atoms with Crippen LogP contribution in [0.25, 0.3) is 22.3 Å². The number of aromatic hydroxyl groups is 4. The minimum Gasteiger partial charge on any atom is -0.508 e. The van der Waals surface area contributed by atoms with E-state index in [0.717, 1.165) is 24.3 Å². The molecule has 0 radical (unpaired) electrons. The van der Waals surface area contributed by atoms with Crippen molar-refractivity contribution in [3.8, 4) is 40.1 Å². The molecule has 0 bridgehead atoms. The average molecular weight is 612 g/mol. The lowest BCUT2D eigenvalue weighted by atomic mass is 9.99. The Morgan fingerprint density at radius 3 is 1.98 bits per heavy atom. The molecule has 17 heteroatoms. The molecule has 2 saturated heterocycles. The van der Waals surface area contributed by atoms with Gasteiger partial charge < -0.3 is 79.5 Å². The van der Waals surface area contributed by atoms with E-state index in [1.165, 1.54) is 6.07 Å². The molecule has 1 unspecified atom stereocenters. The van der Waals surface area contributed by atoms with Crippen LogP contribution in [0.3, 0.4) is 0 Å². The predicted molar refractivity (Wildman–Crippen MR) is 137 cm³/mol. The summed E-state index contributed by atoms with van der Waals surface area (Å²) >= 11 is 0. The fraction of sp³-hybridized carbons (Fsp3) is 0.423. The van der Waals surface area contributed by atoms with Gasteiger partial charge in [0.15, 0.2) is 29.8 Å². The minimum atomic E-state index is -2.08. The predicted octanol–water partition coefficient (Wildman–Crippen LogP) is -2.76. The zero-order chi connectivity index (χ0) is 31.3. The summed E-state index contributed by atoms with van der Waals surface area (Å²) in [5, 5.41) is 111. The quantitative estimate of drug-likeness (QED) is 0.126. The van der Waals surface area contributed by atoms with Crippen molar-refractivity contribution in [2.75, 3.05) is 6.61 Å². The Bertz CT molecular complexity index is 1540. The van der Waals surface area contributed by atoms with Crippen LogP contribution < -0.4 is 10.2 Å². The van der Waals surface area contributed by atoms with Crippen molar-refractivity contribution < 1.29 is 79.5 Å². The normalized spacial score (nSPS) is 33.0. The number of ether oxygens (including phenoxy) is 4. The number of hydrogen-bond donors (Lipinski definition) is 11. The summed E-state index contributed by atoms with van der Waals surface area (Å²) in [6.07, 6.45) is -19.0. The molecule has 5 rings (SSSR count). The Kier molecular flexibility index (Phi) is 8.38. The molecule has 10 atom stereocenters. The fourth-order valence-electron chi connectivity index (χ4n) is 4.69. The maximum Gasteiger partial charge on any atom is 0.239 e. The second-order valence-electron chi connectivity index (χ2n) is 9.93. The molecule has 0 amide bonds. The van der Waals surface area contributed by atoms with Crippen LogP contribution in [0.1, 0.15) is 0 Å². The summed E-state index contributed by atoms with van der Waals surface area (Å²) in [6, 6.07) is 5.08. The van der Waals surface area contributed by atoms with Crippen LogP contribution in [0.2, 0.25) is 0 Å². The zero-order valence-electron chi connectivity index (χ0n) is 21.7. The number of fused-ring (bicyclic) bond motifs is 1. The maximum atomic E-state index is 13.6. The highest BCUT2D eigenvalue weighted by Crippen LogP contribution is 2.39. The molecule has 2 aliphatic rings. The summed E-state index contributed by atoms with van der Waals surface area (Å²) in [4.78, 5) is 13.6. The van der Waals surface area contributed by atoms with Gasteiger partial charge >= 0.3 is 0 Å². The smallest absolute Gasteiger partial charge is 0.239 e. The van der Waals surface area contributed by atoms with Crippen molar-refractivity contribution >= 4 is 11.0 Å². The Balaban J connectivity index is 1.53. The van der Waals surface area contributed by atoms with Crippen molar-refractivity contribution in [2.24, 2.45) is 0 Å². The standard InChI is InChI=1S/C26H28O17/c27-6-13-15(32)17(34)19(36)24(40-13)42-26-21(38)18(35)20(37)25(43-26)41-23-16(33)14-11(31)4-8(28)5-12(14)39-22(23)7-1-2-9(29)10(30)3-7/h1-5,13,15,17-21,24-32,34-38H,6H2/t13-,15-,17+,18+,19-,20-,21-,24?,25-,26-/m1/s1. The highest BCUT2D eigenvalue weighted by molar-refractivity contribution is 5.88. The lowest BCUT2D eigenvalue weighted by Crippen LogP contribution is -2.64. The average Bonchev–Trinajstić information content (AvgIpc) is 2.96. The van der Waals surface area contributed by atoms with Crippen molar-refractivity contribution in [3.05, 3.63) is 40.6 Å². The van der Waals surface area contributed by atoms with E-state index in [0.29, 0.717) is 0 Å². The third-order valence-electron chi connectivity index (χ3n) is 7.03. The van der Waals surface area contributed by atoms with E-state index in [9.17, 15) is 61.0 Å². The van der Waals surface area contributed by atoms with Crippen molar-refractivity contribution in [2.45, 2.75) is 61.6 Å². The Morgan fingerprint density at radius 2 is 1.33 bits per heavy atom. The van der Waals surface area contributed by atoms with Crippen LogP contribution in [-0.2, 0) is 14.2 Å².